The van der Waals surface area contributed by atoms with Gasteiger partial charge in [-0.3, -0.25) is 4.79 Å². The number of carbonyl (C=O) groups excluding carboxylic acids is 1. The summed E-state index contributed by atoms with van der Waals surface area (Å²) in [6.07, 6.45) is -0.997. The Morgan fingerprint density at radius 3 is 2.35 bits per heavy atom. The van der Waals surface area contributed by atoms with Crippen molar-refractivity contribution in [2.45, 2.75) is 23.8 Å². The minimum absolute atomic E-state index is 0.359. The SMILES string of the molecule is Cc1ccc(C)c(C(=S)N[C@@H](NC(=O)c2ccccc2I)C(Cl)(Cl)Cl)c1. The summed E-state index contributed by atoms with van der Waals surface area (Å²) in [5.74, 6) is -0.359. The molecular weight excluding hydrogens is 526 g/mol. The Morgan fingerprint density at radius 1 is 1.08 bits per heavy atom. The van der Waals surface area contributed by atoms with Gasteiger partial charge in [-0.1, -0.05) is 76.8 Å². The number of carbonyl (C=O) groups is 1. The molecule has 0 unspecified atom stereocenters. The van der Waals surface area contributed by atoms with E-state index in [4.69, 9.17) is 47.0 Å². The zero-order valence-corrected chi connectivity index (χ0v) is 19.2. The molecule has 0 radical (unpaired) electrons. The van der Waals surface area contributed by atoms with E-state index in [9.17, 15) is 4.79 Å². The molecule has 3 nitrogen and oxygen atoms in total. The van der Waals surface area contributed by atoms with Crippen molar-refractivity contribution in [1.29, 1.82) is 0 Å². The van der Waals surface area contributed by atoms with Crippen LogP contribution in [0, 0.1) is 17.4 Å². The number of rotatable bonds is 4. The van der Waals surface area contributed by atoms with Gasteiger partial charge in [0.05, 0.1) is 5.56 Å². The maximum Gasteiger partial charge on any atom is 0.254 e. The van der Waals surface area contributed by atoms with Crippen LogP contribution < -0.4 is 10.6 Å². The molecule has 0 spiro atoms. The highest BCUT2D eigenvalue weighted by atomic mass is 127. The van der Waals surface area contributed by atoms with Crippen LogP contribution in [0.15, 0.2) is 42.5 Å². The number of benzene rings is 2. The van der Waals surface area contributed by atoms with Crippen molar-refractivity contribution in [3.05, 3.63) is 68.3 Å². The summed E-state index contributed by atoms with van der Waals surface area (Å²) in [5, 5.41) is 5.67. The van der Waals surface area contributed by atoms with Gasteiger partial charge >= 0.3 is 0 Å². The summed E-state index contributed by atoms with van der Waals surface area (Å²) < 4.78 is -1.000. The first-order valence-electron chi connectivity index (χ1n) is 7.60. The van der Waals surface area contributed by atoms with Crippen molar-refractivity contribution in [3.63, 3.8) is 0 Å². The van der Waals surface area contributed by atoms with Crippen LogP contribution in [0.1, 0.15) is 27.0 Å². The predicted molar refractivity (Wildman–Crippen MR) is 121 cm³/mol. The van der Waals surface area contributed by atoms with E-state index in [1.807, 2.05) is 44.2 Å². The molecule has 2 aromatic carbocycles. The highest BCUT2D eigenvalue weighted by Crippen LogP contribution is 2.30. The molecule has 0 heterocycles. The Balaban J connectivity index is 2.23. The molecule has 1 amide bonds. The number of alkyl halides is 3. The van der Waals surface area contributed by atoms with E-state index < -0.39 is 9.96 Å². The molecule has 0 bridgehead atoms. The second-order valence-electron chi connectivity index (χ2n) is 5.72. The Labute approximate surface area is 186 Å². The fourth-order valence-corrected chi connectivity index (χ4v) is 3.54. The number of amides is 1. The third-order valence-corrected chi connectivity index (χ3v) is 5.57. The van der Waals surface area contributed by atoms with E-state index in [0.717, 1.165) is 20.3 Å². The van der Waals surface area contributed by atoms with Crippen molar-refractivity contribution in [2.24, 2.45) is 0 Å². The van der Waals surface area contributed by atoms with Gasteiger partial charge in [-0.05, 0) is 60.2 Å². The van der Waals surface area contributed by atoms with Crippen molar-refractivity contribution >= 4 is 80.5 Å². The molecule has 0 saturated carbocycles. The quantitative estimate of drug-likeness (QED) is 0.239. The van der Waals surface area contributed by atoms with Crippen LogP contribution in [0.3, 0.4) is 0 Å². The smallest absolute Gasteiger partial charge is 0.254 e. The van der Waals surface area contributed by atoms with E-state index in [-0.39, 0.29) is 5.91 Å². The number of thiocarbonyl (C=S) groups is 1. The Hall–Kier alpha value is -0.600. The molecule has 0 aromatic heterocycles. The highest BCUT2D eigenvalue weighted by Gasteiger charge is 2.35. The maximum atomic E-state index is 12.6. The fraction of sp³-hybridized carbons (Fsp3) is 0.222. The van der Waals surface area contributed by atoms with E-state index in [1.54, 1.807) is 12.1 Å². The summed E-state index contributed by atoms with van der Waals surface area (Å²) in [6.45, 7) is 3.91. The van der Waals surface area contributed by atoms with Gasteiger partial charge in [0.25, 0.3) is 5.91 Å². The van der Waals surface area contributed by atoms with Crippen LogP contribution in [0.5, 0.6) is 0 Å². The highest BCUT2D eigenvalue weighted by molar-refractivity contribution is 14.1. The van der Waals surface area contributed by atoms with Gasteiger partial charge in [-0.2, -0.15) is 0 Å². The van der Waals surface area contributed by atoms with E-state index in [0.29, 0.717) is 10.6 Å². The van der Waals surface area contributed by atoms with Crippen molar-refractivity contribution in [3.8, 4) is 0 Å². The van der Waals surface area contributed by atoms with Crippen LogP contribution >= 0.6 is 69.6 Å². The second-order valence-corrected chi connectivity index (χ2v) is 9.66. The molecule has 2 rings (SSSR count). The molecule has 0 aliphatic rings. The Bertz CT molecular complexity index is 839. The minimum atomic E-state index is -1.79. The van der Waals surface area contributed by atoms with E-state index in [1.165, 1.54) is 0 Å². The van der Waals surface area contributed by atoms with Crippen LogP contribution in [0.4, 0.5) is 0 Å². The molecule has 0 saturated heterocycles. The van der Waals surface area contributed by atoms with Crippen LogP contribution in [0.25, 0.3) is 0 Å². The largest absolute Gasteiger partial charge is 0.352 e. The molecule has 138 valence electrons. The Morgan fingerprint density at radius 2 is 1.73 bits per heavy atom. The van der Waals surface area contributed by atoms with Crippen molar-refractivity contribution in [1.82, 2.24) is 10.6 Å². The van der Waals surface area contributed by atoms with Crippen molar-refractivity contribution in [2.75, 3.05) is 0 Å². The van der Waals surface area contributed by atoms with Crippen molar-refractivity contribution < 1.29 is 4.79 Å². The summed E-state index contributed by atoms with van der Waals surface area (Å²) >= 11 is 25.7. The van der Waals surface area contributed by atoms with Crippen LogP contribution in [-0.2, 0) is 0 Å². The summed E-state index contributed by atoms with van der Waals surface area (Å²) in [7, 11) is 0. The predicted octanol–water partition coefficient (Wildman–Crippen LogP) is 5.30. The van der Waals surface area contributed by atoms with E-state index >= 15 is 0 Å². The van der Waals surface area contributed by atoms with Gasteiger partial charge in [-0.15, -0.1) is 0 Å². The van der Waals surface area contributed by atoms with Crippen LogP contribution in [0.2, 0.25) is 0 Å². The lowest BCUT2D eigenvalue weighted by molar-refractivity contribution is 0.0933. The van der Waals surface area contributed by atoms with Gasteiger partial charge in [0, 0.05) is 9.13 Å². The van der Waals surface area contributed by atoms with E-state index in [2.05, 4.69) is 33.2 Å². The third kappa shape index (κ3) is 5.70. The number of nitrogens with one attached hydrogen (secondary N) is 2. The number of aryl methyl sites for hydroxylation is 2. The molecule has 0 aliphatic carbocycles. The molecule has 0 fully saturated rings. The molecule has 8 heteroatoms. The fourth-order valence-electron chi connectivity index (χ4n) is 2.24. The molecule has 2 aromatic rings. The average Bonchev–Trinajstić information content (AvgIpc) is 2.55. The van der Waals surface area contributed by atoms with Gasteiger partial charge in [0.2, 0.25) is 3.79 Å². The number of halogens is 4. The van der Waals surface area contributed by atoms with Gasteiger partial charge < -0.3 is 10.6 Å². The third-order valence-electron chi connectivity index (χ3n) is 3.63. The standard InChI is InChI=1S/C18H16Cl3IN2OS/c1-10-7-8-11(2)13(9-10)16(26)24-17(18(19,20)21)23-15(25)12-5-3-4-6-14(12)22/h3-9,17H,1-2H3,(H,23,25)(H,24,26)/t17-/m1/s1. The second kappa shape index (κ2) is 9.06. The topological polar surface area (TPSA) is 41.1 Å². The lowest BCUT2D eigenvalue weighted by Gasteiger charge is -2.28. The van der Waals surface area contributed by atoms with Gasteiger partial charge in [-0.25, -0.2) is 0 Å². The number of hydrogen-bond acceptors (Lipinski definition) is 2. The first kappa shape index (κ1) is 21.7. The zero-order chi connectivity index (χ0) is 19.5. The first-order valence-corrected chi connectivity index (χ1v) is 10.2. The summed E-state index contributed by atoms with van der Waals surface area (Å²) in [6, 6.07) is 13.1. The molecular formula is C18H16Cl3IN2OS. The molecule has 2 N–H and O–H groups in total. The molecule has 26 heavy (non-hydrogen) atoms. The molecule has 1 atom stereocenters. The monoisotopic (exact) mass is 540 g/mol. The van der Waals surface area contributed by atoms with Gasteiger partial charge in [0.1, 0.15) is 11.2 Å². The zero-order valence-electron chi connectivity index (χ0n) is 13.9. The van der Waals surface area contributed by atoms with Gasteiger partial charge in [0.15, 0.2) is 0 Å². The normalized spacial score (nSPS) is 12.4. The lowest BCUT2D eigenvalue weighted by Crippen LogP contribution is -2.55. The lowest BCUT2D eigenvalue weighted by atomic mass is 10.1. The molecule has 0 aliphatic heterocycles. The summed E-state index contributed by atoms with van der Waals surface area (Å²) in [5.41, 5.74) is 3.36. The first-order chi connectivity index (χ1) is 12.1. The summed E-state index contributed by atoms with van der Waals surface area (Å²) in [4.78, 5) is 13.0. The van der Waals surface area contributed by atoms with Crippen LogP contribution in [-0.4, -0.2) is 20.9 Å². The minimum Gasteiger partial charge on any atom is -0.352 e. The Kier molecular flexibility index (Phi) is 7.56. The number of hydrogen-bond donors (Lipinski definition) is 2. The maximum absolute atomic E-state index is 12.6. The average molecular weight is 542 g/mol.